The Morgan fingerprint density at radius 2 is 1.59 bits per heavy atom. The molecule has 0 saturated heterocycles. The first kappa shape index (κ1) is 12.5. The fraction of sp³-hybridized carbons (Fsp3) is 0.625. The number of benzene rings is 1. The zero-order valence-electron chi connectivity index (χ0n) is 11.8. The third-order valence-corrected chi connectivity index (χ3v) is 4.14. The average molecular weight is 231 g/mol. The van der Waals surface area contributed by atoms with Gasteiger partial charge in [-0.05, 0) is 56.6 Å². The van der Waals surface area contributed by atoms with Crippen LogP contribution in [0.15, 0.2) is 12.1 Å². The molecule has 0 radical (unpaired) electrons. The van der Waals surface area contributed by atoms with E-state index in [1.165, 1.54) is 35.2 Å². The zero-order chi connectivity index (χ0) is 12.6. The molecule has 1 heteroatoms. The van der Waals surface area contributed by atoms with Gasteiger partial charge in [0.05, 0.1) is 0 Å². The van der Waals surface area contributed by atoms with Crippen molar-refractivity contribution in [2.75, 3.05) is 5.32 Å². The minimum atomic E-state index is 0.697. The Morgan fingerprint density at radius 3 is 2.06 bits per heavy atom. The van der Waals surface area contributed by atoms with Crippen molar-refractivity contribution in [3.05, 3.63) is 28.8 Å². The van der Waals surface area contributed by atoms with Gasteiger partial charge in [0.15, 0.2) is 0 Å². The van der Waals surface area contributed by atoms with Crippen LogP contribution in [0, 0.1) is 32.6 Å². The molecule has 94 valence electrons. The predicted molar refractivity (Wildman–Crippen MR) is 75.6 cm³/mol. The van der Waals surface area contributed by atoms with Crippen molar-refractivity contribution in [3.63, 3.8) is 0 Å². The molecule has 0 spiro atoms. The Kier molecular flexibility index (Phi) is 3.46. The van der Waals surface area contributed by atoms with Crippen molar-refractivity contribution in [2.24, 2.45) is 11.8 Å². The number of hydrogen-bond acceptors (Lipinski definition) is 1. The molecule has 2 rings (SSSR count). The number of aryl methyl sites for hydroxylation is 3. The highest BCUT2D eigenvalue weighted by Crippen LogP contribution is 2.36. The normalized spacial score (nSPS) is 23.6. The molecule has 1 N–H and O–H groups in total. The largest absolute Gasteiger partial charge is 0.382 e. The van der Waals surface area contributed by atoms with Gasteiger partial charge in [0.2, 0.25) is 0 Å². The van der Waals surface area contributed by atoms with Crippen molar-refractivity contribution in [3.8, 4) is 0 Å². The molecular weight excluding hydrogens is 206 g/mol. The maximum Gasteiger partial charge on any atom is 0.0401 e. The van der Waals surface area contributed by atoms with E-state index in [0.29, 0.717) is 6.04 Å². The van der Waals surface area contributed by atoms with Gasteiger partial charge in [0.1, 0.15) is 0 Å². The van der Waals surface area contributed by atoms with Gasteiger partial charge < -0.3 is 5.32 Å². The van der Waals surface area contributed by atoms with E-state index in [1.807, 2.05) is 0 Å². The van der Waals surface area contributed by atoms with Gasteiger partial charge in [-0.25, -0.2) is 0 Å². The van der Waals surface area contributed by atoms with Crippen LogP contribution in [0.2, 0.25) is 0 Å². The summed E-state index contributed by atoms with van der Waals surface area (Å²) in [7, 11) is 0. The van der Waals surface area contributed by atoms with E-state index in [-0.39, 0.29) is 0 Å². The standard InChI is InChI=1S/C16H25N/c1-10(2)14-8-15(9-14)17-16-12(4)6-11(3)7-13(16)5/h6-7,10,14-15,17H,8-9H2,1-5H3. The summed E-state index contributed by atoms with van der Waals surface area (Å²) < 4.78 is 0. The Morgan fingerprint density at radius 1 is 1.06 bits per heavy atom. The third-order valence-electron chi connectivity index (χ3n) is 4.14. The Labute approximate surface area is 106 Å². The summed E-state index contributed by atoms with van der Waals surface area (Å²) in [4.78, 5) is 0. The number of anilines is 1. The lowest BCUT2D eigenvalue weighted by Gasteiger charge is -2.39. The quantitative estimate of drug-likeness (QED) is 0.810. The molecule has 1 fully saturated rings. The van der Waals surface area contributed by atoms with Gasteiger partial charge in [-0.3, -0.25) is 0 Å². The minimum absolute atomic E-state index is 0.697. The Balaban J connectivity index is 2.01. The van der Waals surface area contributed by atoms with Crippen LogP contribution < -0.4 is 5.32 Å². The molecule has 1 saturated carbocycles. The minimum Gasteiger partial charge on any atom is -0.382 e. The number of nitrogens with one attached hydrogen (secondary N) is 1. The van der Waals surface area contributed by atoms with Crippen molar-refractivity contribution in [1.29, 1.82) is 0 Å². The van der Waals surface area contributed by atoms with Crippen LogP contribution in [0.3, 0.4) is 0 Å². The van der Waals surface area contributed by atoms with Crippen LogP contribution in [0.5, 0.6) is 0 Å². The fourth-order valence-corrected chi connectivity index (χ4v) is 2.94. The Bertz CT molecular complexity index is 377. The molecular formula is C16H25N. The molecule has 0 amide bonds. The van der Waals surface area contributed by atoms with Crippen molar-refractivity contribution >= 4 is 5.69 Å². The SMILES string of the molecule is Cc1cc(C)c(NC2CC(C(C)C)C2)c(C)c1. The van der Waals surface area contributed by atoms with Crippen LogP contribution in [0.25, 0.3) is 0 Å². The molecule has 0 bridgehead atoms. The summed E-state index contributed by atoms with van der Waals surface area (Å²) in [6, 6.07) is 5.24. The molecule has 0 unspecified atom stereocenters. The highest BCUT2D eigenvalue weighted by molar-refractivity contribution is 5.58. The van der Waals surface area contributed by atoms with Gasteiger partial charge in [-0.2, -0.15) is 0 Å². The molecule has 0 atom stereocenters. The molecule has 1 aliphatic rings. The molecule has 1 aromatic rings. The van der Waals surface area contributed by atoms with E-state index in [4.69, 9.17) is 0 Å². The maximum absolute atomic E-state index is 3.73. The van der Waals surface area contributed by atoms with Gasteiger partial charge in [0.25, 0.3) is 0 Å². The number of hydrogen-bond donors (Lipinski definition) is 1. The van der Waals surface area contributed by atoms with E-state index < -0.39 is 0 Å². The van der Waals surface area contributed by atoms with Gasteiger partial charge >= 0.3 is 0 Å². The topological polar surface area (TPSA) is 12.0 Å². The lowest BCUT2D eigenvalue weighted by Crippen LogP contribution is -2.38. The summed E-state index contributed by atoms with van der Waals surface area (Å²) in [5.41, 5.74) is 5.49. The highest BCUT2D eigenvalue weighted by atomic mass is 14.9. The number of rotatable bonds is 3. The summed E-state index contributed by atoms with van der Waals surface area (Å²) in [5, 5.41) is 3.73. The van der Waals surface area contributed by atoms with Crippen molar-refractivity contribution in [1.82, 2.24) is 0 Å². The highest BCUT2D eigenvalue weighted by Gasteiger charge is 2.31. The summed E-state index contributed by atoms with van der Waals surface area (Å²) >= 11 is 0. The van der Waals surface area contributed by atoms with Gasteiger partial charge in [-0.15, -0.1) is 0 Å². The van der Waals surface area contributed by atoms with Crippen molar-refractivity contribution < 1.29 is 0 Å². The van der Waals surface area contributed by atoms with E-state index >= 15 is 0 Å². The second kappa shape index (κ2) is 4.72. The summed E-state index contributed by atoms with van der Waals surface area (Å²) in [6.45, 7) is 11.3. The average Bonchev–Trinajstić information content (AvgIpc) is 2.12. The lowest BCUT2D eigenvalue weighted by atomic mass is 9.73. The van der Waals surface area contributed by atoms with Gasteiger partial charge in [-0.1, -0.05) is 31.5 Å². The molecule has 0 heterocycles. The first-order valence-corrected chi connectivity index (χ1v) is 6.81. The monoisotopic (exact) mass is 231 g/mol. The van der Waals surface area contributed by atoms with E-state index in [1.54, 1.807) is 0 Å². The van der Waals surface area contributed by atoms with Crippen molar-refractivity contribution in [2.45, 2.75) is 53.5 Å². The summed E-state index contributed by atoms with van der Waals surface area (Å²) in [5.74, 6) is 1.77. The Hall–Kier alpha value is -0.980. The van der Waals surface area contributed by atoms with Crippen LogP contribution in [0.4, 0.5) is 5.69 Å². The van der Waals surface area contributed by atoms with E-state index in [0.717, 1.165) is 11.8 Å². The fourth-order valence-electron chi connectivity index (χ4n) is 2.94. The van der Waals surface area contributed by atoms with Gasteiger partial charge in [0, 0.05) is 11.7 Å². The maximum atomic E-state index is 3.73. The van der Waals surface area contributed by atoms with Crippen LogP contribution in [-0.2, 0) is 0 Å². The van der Waals surface area contributed by atoms with Crippen LogP contribution in [0.1, 0.15) is 43.4 Å². The first-order chi connectivity index (χ1) is 7.97. The predicted octanol–water partition coefficient (Wildman–Crippen LogP) is 4.46. The smallest absolute Gasteiger partial charge is 0.0401 e. The molecule has 1 aromatic carbocycles. The molecule has 0 aromatic heterocycles. The third kappa shape index (κ3) is 2.65. The molecule has 1 aliphatic carbocycles. The lowest BCUT2D eigenvalue weighted by molar-refractivity contribution is 0.211. The van der Waals surface area contributed by atoms with Crippen LogP contribution in [-0.4, -0.2) is 6.04 Å². The van der Waals surface area contributed by atoms with Crippen LogP contribution >= 0.6 is 0 Å². The first-order valence-electron chi connectivity index (χ1n) is 6.81. The molecule has 0 aliphatic heterocycles. The molecule has 17 heavy (non-hydrogen) atoms. The van der Waals surface area contributed by atoms with E-state index in [9.17, 15) is 0 Å². The molecule has 1 nitrogen and oxygen atoms in total. The van der Waals surface area contributed by atoms with E-state index in [2.05, 4.69) is 52.1 Å². The second-order valence-corrected chi connectivity index (χ2v) is 6.09. The zero-order valence-corrected chi connectivity index (χ0v) is 11.8. The second-order valence-electron chi connectivity index (χ2n) is 6.09. The summed E-state index contributed by atoms with van der Waals surface area (Å²) in [6.07, 6.45) is 2.68.